The van der Waals surface area contributed by atoms with Crippen LogP contribution in [0.5, 0.6) is 0 Å². The Morgan fingerprint density at radius 3 is 2.53 bits per heavy atom. The van der Waals surface area contributed by atoms with E-state index in [-0.39, 0.29) is 36.1 Å². The molecule has 0 fully saturated rings. The zero-order valence-electron chi connectivity index (χ0n) is 17.1. The Hall–Kier alpha value is -3.46. The molecule has 0 unspecified atom stereocenters. The third-order valence-corrected chi connectivity index (χ3v) is 4.60. The van der Waals surface area contributed by atoms with Crippen molar-refractivity contribution in [3.63, 3.8) is 0 Å². The average molecular weight is 415 g/mol. The van der Waals surface area contributed by atoms with Crippen molar-refractivity contribution in [1.82, 2.24) is 5.32 Å². The molecular weight excluding hydrogens is 390 g/mol. The number of benzene rings is 2. The number of carbonyl (C=O) groups excluding carboxylic acids is 2. The van der Waals surface area contributed by atoms with Crippen molar-refractivity contribution in [2.75, 3.05) is 25.1 Å². The minimum absolute atomic E-state index is 0.0901. The van der Waals surface area contributed by atoms with Gasteiger partial charge in [-0.1, -0.05) is 18.2 Å². The number of nitrogens with one attached hydrogen (secondary N) is 2. The number of nitro groups is 1. The lowest BCUT2D eigenvalue weighted by Gasteiger charge is -2.16. The molecule has 9 nitrogen and oxygen atoms in total. The van der Waals surface area contributed by atoms with Crippen molar-refractivity contribution in [1.29, 1.82) is 0 Å². The summed E-state index contributed by atoms with van der Waals surface area (Å²) in [5.74, 6) is -1.38. The molecule has 0 bridgehead atoms. The molecule has 2 aromatic rings. The van der Waals surface area contributed by atoms with Crippen LogP contribution in [0.1, 0.15) is 40.0 Å². The molecule has 160 valence electrons. The summed E-state index contributed by atoms with van der Waals surface area (Å²) in [7, 11) is 0. The second-order valence-electron chi connectivity index (χ2n) is 6.85. The predicted octanol–water partition coefficient (Wildman–Crippen LogP) is 2.65. The molecule has 0 saturated heterocycles. The molecule has 1 amide bonds. The van der Waals surface area contributed by atoms with Crippen LogP contribution in [0.2, 0.25) is 0 Å². The van der Waals surface area contributed by atoms with Gasteiger partial charge >= 0.3 is 5.97 Å². The lowest BCUT2D eigenvalue weighted by molar-refractivity contribution is -0.384. The Labute approximate surface area is 174 Å². The smallest absolute Gasteiger partial charge is 0.341 e. The van der Waals surface area contributed by atoms with Crippen molar-refractivity contribution in [3.8, 4) is 0 Å². The SMILES string of the molecule is Cc1ccc([C@@H](C)NC(=O)COC(=O)c2cc([N+](=O)[O-])ccc2NCCO)cc1C. The van der Waals surface area contributed by atoms with Gasteiger partial charge in [-0.3, -0.25) is 14.9 Å². The molecule has 2 rings (SSSR count). The van der Waals surface area contributed by atoms with E-state index < -0.39 is 23.4 Å². The number of hydrogen-bond acceptors (Lipinski definition) is 7. The Bertz CT molecular complexity index is 944. The number of non-ortho nitro benzene ring substituents is 1. The van der Waals surface area contributed by atoms with Crippen molar-refractivity contribution < 1.29 is 24.4 Å². The first kappa shape index (κ1) is 22.8. The third kappa shape index (κ3) is 6.02. The zero-order chi connectivity index (χ0) is 22.3. The molecule has 3 N–H and O–H groups in total. The fraction of sp³-hybridized carbons (Fsp3) is 0.333. The van der Waals surface area contributed by atoms with E-state index in [1.807, 2.05) is 39.0 Å². The number of amides is 1. The van der Waals surface area contributed by atoms with Crippen LogP contribution in [0.15, 0.2) is 36.4 Å². The van der Waals surface area contributed by atoms with E-state index in [4.69, 9.17) is 9.84 Å². The van der Waals surface area contributed by atoms with E-state index >= 15 is 0 Å². The van der Waals surface area contributed by atoms with E-state index in [9.17, 15) is 19.7 Å². The third-order valence-electron chi connectivity index (χ3n) is 4.60. The molecule has 0 saturated carbocycles. The van der Waals surface area contributed by atoms with Gasteiger partial charge in [-0.15, -0.1) is 0 Å². The van der Waals surface area contributed by atoms with Crippen molar-refractivity contribution in [2.45, 2.75) is 26.8 Å². The fourth-order valence-corrected chi connectivity index (χ4v) is 2.77. The predicted molar refractivity (Wildman–Crippen MR) is 111 cm³/mol. The molecule has 0 heterocycles. The molecule has 0 spiro atoms. The van der Waals surface area contributed by atoms with Gasteiger partial charge < -0.3 is 20.5 Å². The number of aliphatic hydroxyl groups is 1. The fourth-order valence-electron chi connectivity index (χ4n) is 2.77. The minimum Gasteiger partial charge on any atom is -0.452 e. The molecular formula is C21H25N3O6. The number of ether oxygens (including phenoxy) is 1. The number of carbonyl (C=O) groups is 2. The Morgan fingerprint density at radius 1 is 1.17 bits per heavy atom. The van der Waals surface area contributed by atoms with Gasteiger partial charge in [0, 0.05) is 24.4 Å². The number of aryl methyl sites for hydroxylation is 2. The molecule has 0 aliphatic carbocycles. The summed E-state index contributed by atoms with van der Waals surface area (Å²) >= 11 is 0. The van der Waals surface area contributed by atoms with Gasteiger partial charge in [0.05, 0.1) is 23.1 Å². The number of nitro benzene ring substituents is 1. The Kier molecular flexibility index (Phi) is 7.88. The topological polar surface area (TPSA) is 131 Å². The quantitative estimate of drug-likeness (QED) is 0.326. The molecule has 2 aromatic carbocycles. The van der Waals surface area contributed by atoms with Gasteiger partial charge in [-0.25, -0.2) is 4.79 Å². The summed E-state index contributed by atoms with van der Waals surface area (Å²) < 4.78 is 5.05. The van der Waals surface area contributed by atoms with Crippen LogP contribution in [-0.2, 0) is 9.53 Å². The largest absolute Gasteiger partial charge is 0.452 e. The van der Waals surface area contributed by atoms with Gasteiger partial charge in [-0.2, -0.15) is 0 Å². The maximum absolute atomic E-state index is 12.4. The van der Waals surface area contributed by atoms with Crippen molar-refractivity contribution >= 4 is 23.3 Å². The van der Waals surface area contributed by atoms with Gasteiger partial charge in [0.25, 0.3) is 11.6 Å². The number of esters is 1. The second-order valence-corrected chi connectivity index (χ2v) is 6.85. The van der Waals surface area contributed by atoms with Gasteiger partial charge in [-0.05, 0) is 43.5 Å². The van der Waals surface area contributed by atoms with E-state index in [0.29, 0.717) is 0 Å². The van der Waals surface area contributed by atoms with Crippen LogP contribution in [0.25, 0.3) is 0 Å². The highest BCUT2D eigenvalue weighted by molar-refractivity contribution is 5.97. The zero-order valence-corrected chi connectivity index (χ0v) is 17.1. The molecule has 0 aliphatic heterocycles. The van der Waals surface area contributed by atoms with Crippen LogP contribution in [0, 0.1) is 24.0 Å². The van der Waals surface area contributed by atoms with Crippen LogP contribution in [0.3, 0.4) is 0 Å². The summed E-state index contributed by atoms with van der Waals surface area (Å²) in [5.41, 5.74) is 3.06. The highest BCUT2D eigenvalue weighted by Gasteiger charge is 2.19. The molecule has 0 aliphatic rings. The first-order valence-electron chi connectivity index (χ1n) is 9.39. The van der Waals surface area contributed by atoms with Gasteiger partial charge in [0.2, 0.25) is 0 Å². The normalized spacial score (nSPS) is 11.5. The summed E-state index contributed by atoms with van der Waals surface area (Å²) in [5, 5.41) is 25.5. The summed E-state index contributed by atoms with van der Waals surface area (Å²) in [4.78, 5) is 35.0. The Balaban J connectivity index is 2.03. The highest BCUT2D eigenvalue weighted by Crippen LogP contribution is 2.23. The number of nitrogens with zero attached hydrogens (tertiary/aromatic N) is 1. The number of aliphatic hydroxyl groups excluding tert-OH is 1. The number of rotatable bonds is 9. The lowest BCUT2D eigenvalue weighted by Crippen LogP contribution is -2.31. The first-order chi connectivity index (χ1) is 14.2. The average Bonchev–Trinajstić information content (AvgIpc) is 2.72. The molecule has 0 radical (unpaired) electrons. The van der Waals surface area contributed by atoms with E-state index in [1.165, 1.54) is 12.1 Å². The van der Waals surface area contributed by atoms with Crippen LogP contribution < -0.4 is 10.6 Å². The van der Waals surface area contributed by atoms with Crippen molar-refractivity contribution in [3.05, 3.63) is 68.8 Å². The van der Waals surface area contributed by atoms with Gasteiger partial charge in [0.15, 0.2) is 6.61 Å². The Morgan fingerprint density at radius 2 is 1.90 bits per heavy atom. The van der Waals surface area contributed by atoms with Crippen LogP contribution >= 0.6 is 0 Å². The van der Waals surface area contributed by atoms with E-state index in [1.54, 1.807) is 0 Å². The standard InChI is InChI=1S/C21H25N3O6/c1-13-4-5-16(10-14(13)2)15(3)23-20(26)12-30-21(27)18-11-17(24(28)29)6-7-19(18)22-8-9-25/h4-7,10-11,15,22,25H,8-9,12H2,1-3H3,(H,23,26)/t15-/m1/s1. The summed E-state index contributed by atoms with van der Waals surface area (Å²) in [6.07, 6.45) is 0. The monoisotopic (exact) mass is 415 g/mol. The van der Waals surface area contributed by atoms with Gasteiger partial charge in [0.1, 0.15) is 0 Å². The minimum atomic E-state index is -0.881. The molecule has 1 atom stereocenters. The molecule has 9 heteroatoms. The molecule has 30 heavy (non-hydrogen) atoms. The van der Waals surface area contributed by atoms with Crippen LogP contribution in [0.4, 0.5) is 11.4 Å². The number of anilines is 1. The molecule has 0 aromatic heterocycles. The highest BCUT2D eigenvalue weighted by atomic mass is 16.6. The summed E-state index contributed by atoms with van der Waals surface area (Å²) in [6.45, 7) is 5.23. The van der Waals surface area contributed by atoms with E-state index in [2.05, 4.69) is 10.6 Å². The second kappa shape index (κ2) is 10.4. The van der Waals surface area contributed by atoms with Crippen molar-refractivity contribution in [2.24, 2.45) is 0 Å². The van der Waals surface area contributed by atoms with Crippen LogP contribution in [-0.4, -0.2) is 41.7 Å². The lowest BCUT2D eigenvalue weighted by atomic mass is 10.0. The maximum atomic E-state index is 12.4. The van der Waals surface area contributed by atoms with E-state index in [0.717, 1.165) is 22.8 Å². The maximum Gasteiger partial charge on any atom is 0.341 e. The summed E-state index contributed by atoms with van der Waals surface area (Å²) in [6, 6.07) is 9.24. The number of hydrogen-bond donors (Lipinski definition) is 3. The first-order valence-corrected chi connectivity index (χ1v) is 9.39.